The largest absolute Gasteiger partial charge is 0.346 e. The molecule has 1 aromatic heterocycles. The van der Waals surface area contributed by atoms with Crippen molar-refractivity contribution in [2.24, 2.45) is 0 Å². The normalized spacial score (nSPS) is 16.3. The molecule has 10 heteroatoms. The number of hydrogen-bond donors (Lipinski definition) is 1. The molecule has 1 saturated heterocycles. The molecule has 0 spiro atoms. The molecule has 0 radical (unpaired) electrons. The van der Waals surface area contributed by atoms with Gasteiger partial charge < -0.3 is 10.2 Å². The zero-order valence-electron chi connectivity index (χ0n) is 14.1. The number of carbonyl (C=O) groups excluding carboxylic acids is 1. The second-order valence-electron chi connectivity index (χ2n) is 5.92. The number of nitro benzene ring substituents is 1. The number of halogens is 1. The van der Waals surface area contributed by atoms with Gasteiger partial charge >= 0.3 is 0 Å². The third-order valence-corrected chi connectivity index (χ3v) is 5.51. The summed E-state index contributed by atoms with van der Waals surface area (Å²) in [6.45, 7) is 4.87. The molecule has 0 unspecified atom stereocenters. The van der Waals surface area contributed by atoms with Gasteiger partial charge in [0, 0.05) is 49.9 Å². The average Bonchev–Trinajstić information content (AvgIpc) is 3.17. The van der Waals surface area contributed by atoms with E-state index in [0.717, 1.165) is 31.3 Å². The van der Waals surface area contributed by atoms with Crippen LogP contribution in [0.1, 0.15) is 6.92 Å². The molecule has 1 aliphatic rings. The first-order valence-corrected chi connectivity index (χ1v) is 9.35. The first-order chi connectivity index (χ1) is 12.5. The van der Waals surface area contributed by atoms with Crippen LogP contribution >= 0.6 is 22.9 Å². The molecule has 0 aliphatic carbocycles. The molecule has 8 nitrogen and oxygen atoms in total. The lowest BCUT2D eigenvalue weighted by Crippen LogP contribution is -2.52. The van der Waals surface area contributed by atoms with Gasteiger partial charge in [0.1, 0.15) is 0 Å². The van der Waals surface area contributed by atoms with Gasteiger partial charge in [0.25, 0.3) is 5.69 Å². The van der Waals surface area contributed by atoms with E-state index in [1.54, 1.807) is 17.5 Å². The van der Waals surface area contributed by atoms with Crippen LogP contribution in [0.25, 0.3) is 0 Å². The molecule has 26 heavy (non-hydrogen) atoms. The molecule has 3 rings (SSSR count). The number of piperazine rings is 1. The summed E-state index contributed by atoms with van der Waals surface area (Å²) in [5.41, 5.74) is 0.133. The number of anilines is 2. The molecule has 2 heterocycles. The molecule has 0 saturated carbocycles. The lowest BCUT2D eigenvalue weighted by Gasteiger charge is -2.37. The third kappa shape index (κ3) is 4.12. The van der Waals surface area contributed by atoms with Crippen LogP contribution in [0.5, 0.6) is 0 Å². The van der Waals surface area contributed by atoms with Gasteiger partial charge in [-0.3, -0.25) is 19.8 Å². The van der Waals surface area contributed by atoms with Crippen molar-refractivity contribution < 1.29 is 9.72 Å². The Morgan fingerprint density at radius 1 is 1.38 bits per heavy atom. The third-order valence-electron chi connectivity index (χ3n) is 4.35. The van der Waals surface area contributed by atoms with Crippen LogP contribution in [-0.2, 0) is 4.79 Å². The number of nitro groups is 1. The second-order valence-corrected chi connectivity index (χ2v) is 7.20. The second kappa shape index (κ2) is 7.98. The van der Waals surface area contributed by atoms with Crippen molar-refractivity contribution in [3.8, 4) is 0 Å². The minimum atomic E-state index is -0.521. The fourth-order valence-corrected chi connectivity index (χ4v) is 3.66. The van der Waals surface area contributed by atoms with Crippen LogP contribution in [0.4, 0.5) is 16.5 Å². The van der Waals surface area contributed by atoms with Gasteiger partial charge in [-0.15, -0.1) is 11.3 Å². The highest BCUT2D eigenvalue weighted by Gasteiger charge is 2.27. The van der Waals surface area contributed by atoms with E-state index in [1.807, 2.05) is 12.3 Å². The van der Waals surface area contributed by atoms with Gasteiger partial charge in [-0.25, -0.2) is 4.98 Å². The first-order valence-electron chi connectivity index (χ1n) is 8.09. The molecule has 0 bridgehead atoms. The topological polar surface area (TPSA) is 91.6 Å². The summed E-state index contributed by atoms with van der Waals surface area (Å²) in [5, 5.41) is 16.8. The maximum Gasteiger partial charge on any atom is 0.271 e. The van der Waals surface area contributed by atoms with Crippen molar-refractivity contribution in [2.75, 3.05) is 36.4 Å². The van der Waals surface area contributed by atoms with Crippen LogP contribution in [0.2, 0.25) is 5.02 Å². The number of non-ortho nitro benzene ring substituents is 1. The fourth-order valence-electron chi connectivity index (χ4n) is 2.80. The molecule has 1 atom stereocenters. The lowest BCUT2D eigenvalue weighted by atomic mass is 10.2. The maximum atomic E-state index is 12.6. The lowest BCUT2D eigenvalue weighted by molar-refractivity contribution is -0.384. The number of benzene rings is 1. The Bertz CT molecular complexity index is 793. The first kappa shape index (κ1) is 18.6. The van der Waals surface area contributed by atoms with Crippen molar-refractivity contribution in [3.63, 3.8) is 0 Å². The maximum absolute atomic E-state index is 12.6. The Labute approximate surface area is 159 Å². The van der Waals surface area contributed by atoms with Crippen LogP contribution in [-0.4, -0.2) is 52.9 Å². The number of hydrogen-bond acceptors (Lipinski definition) is 7. The standard InChI is InChI=1S/C16H18ClN5O3S/c1-11(20-5-7-21(8-6-20)16-18-4-9-26-16)15(23)19-14-10-12(22(24)25)2-3-13(14)17/h2-4,9-11H,5-8H2,1H3,(H,19,23)/t11-/m1/s1. The summed E-state index contributed by atoms with van der Waals surface area (Å²) in [5.74, 6) is -0.241. The highest BCUT2D eigenvalue weighted by atomic mass is 35.5. The number of rotatable bonds is 5. The summed E-state index contributed by atoms with van der Waals surface area (Å²) in [6.07, 6.45) is 1.78. The minimum absolute atomic E-state index is 0.116. The van der Waals surface area contributed by atoms with E-state index < -0.39 is 4.92 Å². The molecule has 1 N–H and O–H groups in total. The number of carbonyl (C=O) groups is 1. The molecular weight excluding hydrogens is 378 g/mol. The van der Waals surface area contributed by atoms with Crippen molar-refractivity contribution in [3.05, 3.63) is 44.9 Å². The Hall–Kier alpha value is -2.23. The van der Waals surface area contributed by atoms with E-state index in [2.05, 4.69) is 20.1 Å². The summed E-state index contributed by atoms with van der Waals surface area (Å²) in [4.78, 5) is 31.5. The number of aromatic nitrogens is 1. The molecule has 1 amide bonds. The summed E-state index contributed by atoms with van der Waals surface area (Å²) < 4.78 is 0. The van der Waals surface area contributed by atoms with Gasteiger partial charge in [0.05, 0.1) is 21.7 Å². The number of amides is 1. The number of nitrogens with one attached hydrogen (secondary N) is 1. The van der Waals surface area contributed by atoms with Crippen molar-refractivity contribution in [1.82, 2.24) is 9.88 Å². The number of nitrogens with zero attached hydrogens (tertiary/aromatic N) is 4. The molecular formula is C16H18ClN5O3S. The van der Waals surface area contributed by atoms with Crippen LogP contribution < -0.4 is 10.2 Å². The van der Waals surface area contributed by atoms with Crippen molar-refractivity contribution in [1.29, 1.82) is 0 Å². The van der Waals surface area contributed by atoms with E-state index in [9.17, 15) is 14.9 Å². The van der Waals surface area contributed by atoms with Crippen LogP contribution in [0.3, 0.4) is 0 Å². The predicted octanol–water partition coefficient (Wildman–Crippen LogP) is 2.85. The highest BCUT2D eigenvalue weighted by molar-refractivity contribution is 7.13. The van der Waals surface area contributed by atoms with E-state index in [4.69, 9.17) is 11.6 Å². The molecule has 2 aromatic rings. The number of thiazole rings is 1. The Kier molecular flexibility index (Phi) is 5.70. The monoisotopic (exact) mass is 395 g/mol. The van der Waals surface area contributed by atoms with Crippen molar-refractivity contribution >= 4 is 45.4 Å². The molecule has 1 aromatic carbocycles. The van der Waals surface area contributed by atoms with E-state index >= 15 is 0 Å². The van der Waals surface area contributed by atoms with E-state index in [0.29, 0.717) is 0 Å². The minimum Gasteiger partial charge on any atom is -0.346 e. The molecule has 1 fully saturated rings. The smallest absolute Gasteiger partial charge is 0.271 e. The van der Waals surface area contributed by atoms with E-state index in [1.165, 1.54) is 18.2 Å². The Morgan fingerprint density at radius 2 is 2.12 bits per heavy atom. The SMILES string of the molecule is C[C@H](C(=O)Nc1cc([N+](=O)[O-])ccc1Cl)N1CCN(c2nccs2)CC1. The summed E-state index contributed by atoms with van der Waals surface area (Å²) in [7, 11) is 0. The van der Waals surface area contributed by atoms with Gasteiger partial charge in [0.15, 0.2) is 5.13 Å². The van der Waals surface area contributed by atoms with Gasteiger partial charge in [-0.1, -0.05) is 11.6 Å². The zero-order chi connectivity index (χ0) is 18.7. The van der Waals surface area contributed by atoms with Gasteiger partial charge in [-0.05, 0) is 13.0 Å². The quantitative estimate of drug-likeness (QED) is 0.618. The molecule has 138 valence electrons. The Balaban J connectivity index is 1.60. The highest BCUT2D eigenvalue weighted by Crippen LogP contribution is 2.27. The average molecular weight is 396 g/mol. The summed E-state index contributed by atoms with van der Waals surface area (Å²) in [6, 6.07) is 3.61. The molecule has 1 aliphatic heterocycles. The van der Waals surface area contributed by atoms with Crippen LogP contribution in [0.15, 0.2) is 29.8 Å². The Morgan fingerprint density at radius 3 is 2.73 bits per heavy atom. The summed E-state index contributed by atoms with van der Waals surface area (Å²) >= 11 is 7.65. The zero-order valence-corrected chi connectivity index (χ0v) is 15.7. The van der Waals surface area contributed by atoms with E-state index in [-0.39, 0.29) is 28.3 Å². The van der Waals surface area contributed by atoms with Crippen molar-refractivity contribution in [2.45, 2.75) is 13.0 Å². The van der Waals surface area contributed by atoms with Crippen LogP contribution in [0, 0.1) is 10.1 Å². The van der Waals surface area contributed by atoms with Gasteiger partial charge in [-0.2, -0.15) is 0 Å². The fraction of sp³-hybridized carbons (Fsp3) is 0.375. The van der Waals surface area contributed by atoms with Gasteiger partial charge in [0.2, 0.25) is 5.91 Å². The predicted molar refractivity (Wildman–Crippen MR) is 102 cm³/mol.